The molecule has 0 unspecified atom stereocenters. The molecule has 0 aliphatic carbocycles. The van der Waals surface area contributed by atoms with Crippen molar-refractivity contribution in [3.8, 4) is 5.75 Å². The summed E-state index contributed by atoms with van der Waals surface area (Å²) >= 11 is 0. The quantitative estimate of drug-likeness (QED) is 0.814. The summed E-state index contributed by atoms with van der Waals surface area (Å²) in [6.07, 6.45) is 2.45. The van der Waals surface area contributed by atoms with E-state index in [9.17, 15) is 4.79 Å². The average molecular weight is 303 g/mol. The van der Waals surface area contributed by atoms with Gasteiger partial charge in [-0.05, 0) is 36.2 Å². The van der Waals surface area contributed by atoms with Crippen LogP contribution in [0.15, 0.2) is 47.1 Å². The van der Waals surface area contributed by atoms with Crippen LogP contribution in [0.5, 0.6) is 5.75 Å². The third kappa shape index (κ3) is 4.63. The molecule has 5 nitrogen and oxygen atoms in total. The summed E-state index contributed by atoms with van der Waals surface area (Å²) in [5, 5.41) is 2.87. The number of rotatable bonds is 8. The standard InChI is InChI=1S/C17H21NO4/c1-20-14-8-5-13(6-9-14)7-10-17(19)18-12-16(21-2)15-4-3-11-22-15/h3-6,8-9,11,16H,7,10,12H2,1-2H3,(H,18,19)/t16-/m0/s1. The second-order valence-corrected chi connectivity index (χ2v) is 4.89. The fourth-order valence-corrected chi connectivity index (χ4v) is 2.12. The van der Waals surface area contributed by atoms with Gasteiger partial charge in [0.25, 0.3) is 0 Å². The summed E-state index contributed by atoms with van der Waals surface area (Å²) in [6.45, 7) is 0.394. The van der Waals surface area contributed by atoms with Crippen LogP contribution < -0.4 is 10.1 Å². The number of benzene rings is 1. The van der Waals surface area contributed by atoms with Gasteiger partial charge in [0.05, 0.1) is 19.9 Å². The molecule has 1 aromatic carbocycles. The van der Waals surface area contributed by atoms with Crippen LogP contribution in [-0.4, -0.2) is 26.7 Å². The van der Waals surface area contributed by atoms with E-state index in [0.717, 1.165) is 11.3 Å². The largest absolute Gasteiger partial charge is 0.497 e. The molecule has 0 saturated heterocycles. The number of carbonyl (C=O) groups excluding carboxylic acids is 1. The first-order valence-corrected chi connectivity index (χ1v) is 7.18. The lowest BCUT2D eigenvalue weighted by atomic mass is 10.1. The molecule has 0 bridgehead atoms. The van der Waals surface area contributed by atoms with Crippen LogP contribution in [-0.2, 0) is 16.0 Å². The minimum absolute atomic E-state index is 0.00979. The molecule has 0 spiro atoms. The Balaban J connectivity index is 1.75. The van der Waals surface area contributed by atoms with Gasteiger partial charge in [-0.3, -0.25) is 4.79 Å². The van der Waals surface area contributed by atoms with Gasteiger partial charge >= 0.3 is 0 Å². The van der Waals surface area contributed by atoms with Crippen molar-refractivity contribution in [3.05, 3.63) is 54.0 Å². The van der Waals surface area contributed by atoms with E-state index in [1.165, 1.54) is 0 Å². The van der Waals surface area contributed by atoms with Crippen molar-refractivity contribution in [2.45, 2.75) is 18.9 Å². The molecule has 1 N–H and O–H groups in total. The maximum atomic E-state index is 11.9. The predicted octanol–water partition coefficient (Wildman–Crippen LogP) is 2.72. The Labute approximate surface area is 130 Å². The van der Waals surface area contributed by atoms with Crippen LogP contribution in [0.4, 0.5) is 0 Å². The van der Waals surface area contributed by atoms with Gasteiger partial charge in [-0.25, -0.2) is 0 Å². The lowest BCUT2D eigenvalue weighted by Gasteiger charge is -2.13. The van der Waals surface area contributed by atoms with Crippen LogP contribution in [0.25, 0.3) is 0 Å². The van der Waals surface area contributed by atoms with Gasteiger partial charge in [0.2, 0.25) is 5.91 Å². The SMILES string of the molecule is COc1ccc(CCC(=O)NC[C@H](OC)c2ccco2)cc1. The number of furan rings is 1. The Morgan fingerprint density at radius 3 is 2.59 bits per heavy atom. The number of ether oxygens (including phenoxy) is 2. The molecular formula is C17H21NO4. The molecule has 0 aliphatic rings. The summed E-state index contributed by atoms with van der Waals surface area (Å²) in [7, 11) is 3.23. The van der Waals surface area contributed by atoms with E-state index in [2.05, 4.69) is 5.32 Å². The smallest absolute Gasteiger partial charge is 0.220 e. The summed E-state index contributed by atoms with van der Waals surface area (Å²) in [5.41, 5.74) is 1.10. The van der Waals surface area contributed by atoms with Crippen LogP contribution in [0.3, 0.4) is 0 Å². The molecule has 1 amide bonds. The Kier molecular flexibility index (Phi) is 6.03. The Morgan fingerprint density at radius 2 is 2.00 bits per heavy atom. The van der Waals surface area contributed by atoms with E-state index < -0.39 is 0 Å². The number of aryl methyl sites for hydroxylation is 1. The van der Waals surface area contributed by atoms with Gasteiger partial charge in [0, 0.05) is 13.5 Å². The third-order valence-electron chi connectivity index (χ3n) is 3.43. The zero-order valence-electron chi connectivity index (χ0n) is 12.9. The van der Waals surface area contributed by atoms with Crippen molar-refractivity contribution < 1.29 is 18.7 Å². The lowest BCUT2D eigenvalue weighted by molar-refractivity contribution is -0.121. The Morgan fingerprint density at radius 1 is 1.23 bits per heavy atom. The molecular weight excluding hydrogens is 282 g/mol. The molecule has 0 aliphatic heterocycles. The highest BCUT2D eigenvalue weighted by Crippen LogP contribution is 2.16. The van der Waals surface area contributed by atoms with Gasteiger partial charge in [0.1, 0.15) is 17.6 Å². The fourth-order valence-electron chi connectivity index (χ4n) is 2.12. The zero-order chi connectivity index (χ0) is 15.8. The Bertz CT molecular complexity index is 563. The van der Waals surface area contributed by atoms with Crippen molar-refractivity contribution in [2.75, 3.05) is 20.8 Å². The average Bonchev–Trinajstić information content (AvgIpc) is 3.08. The number of nitrogens with one attached hydrogen (secondary N) is 1. The van der Waals surface area contributed by atoms with E-state index in [1.54, 1.807) is 26.5 Å². The van der Waals surface area contributed by atoms with E-state index in [0.29, 0.717) is 25.1 Å². The lowest BCUT2D eigenvalue weighted by Crippen LogP contribution is -2.29. The third-order valence-corrected chi connectivity index (χ3v) is 3.43. The minimum atomic E-state index is -0.264. The first-order valence-electron chi connectivity index (χ1n) is 7.18. The molecule has 0 fully saturated rings. The molecule has 0 saturated carbocycles. The summed E-state index contributed by atoms with van der Waals surface area (Å²) < 4.78 is 15.7. The van der Waals surface area contributed by atoms with E-state index in [4.69, 9.17) is 13.9 Å². The number of carbonyl (C=O) groups is 1. The van der Waals surface area contributed by atoms with E-state index >= 15 is 0 Å². The van der Waals surface area contributed by atoms with Gasteiger partial charge in [0.15, 0.2) is 0 Å². The maximum absolute atomic E-state index is 11.9. The second-order valence-electron chi connectivity index (χ2n) is 4.89. The number of methoxy groups -OCH3 is 2. The van der Waals surface area contributed by atoms with Gasteiger partial charge in [-0.2, -0.15) is 0 Å². The summed E-state index contributed by atoms with van der Waals surface area (Å²) in [5.74, 6) is 1.51. The molecule has 0 radical (unpaired) electrons. The van der Waals surface area contributed by atoms with Crippen LogP contribution in [0, 0.1) is 0 Å². The van der Waals surface area contributed by atoms with Crippen molar-refractivity contribution in [2.24, 2.45) is 0 Å². The topological polar surface area (TPSA) is 60.7 Å². The molecule has 5 heteroatoms. The number of amides is 1. The first kappa shape index (κ1) is 16.1. The number of hydrogen-bond donors (Lipinski definition) is 1. The van der Waals surface area contributed by atoms with Gasteiger partial charge in [-0.1, -0.05) is 12.1 Å². The molecule has 22 heavy (non-hydrogen) atoms. The van der Waals surface area contributed by atoms with Crippen molar-refractivity contribution in [1.29, 1.82) is 0 Å². The van der Waals surface area contributed by atoms with Crippen molar-refractivity contribution in [1.82, 2.24) is 5.32 Å². The molecule has 2 rings (SSSR count). The van der Waals surface area contributed by atoms with Crippen LogP contribution in [0.2, 0.25) is 0 Å². The van der Waals surface area contributed by atoms with Gasteiger partial charge < -0.3 is 19.2 Å². The summed E-state index contributed by atoms with van der Waals surface area (Å²) in [4.78, 5) is 11.9. The molecule has 1 aromatic heterocycles. The minimum Gasteiger partial charge on any atom is -0.497 e. The molecule has 118 valence electrons. The highest BCUT2D eigenvalue weighted by atomic mass is 16.5. The van der Waals surface area contributed by atoms with Crippen molar-refractivity contribution in [3.63, 3.8) is 0 Å². The first-order chi connectivity index (χ1) is 10.7. The molecule has 1 heterocycles. The van der Waals surface area contributed by atoms with Gasteiger partial charge in [-0.15, -0.1) is 0 Å². The molecule has 2 aromatic rings. The van der Waals surface area contributed by atoms with Crippen molar-refractivity contribution >= 4 is 5.91 Å². The highest BCUT2D eigenvalue weighted by molar-refractivity contribution is 5.76. The van der Waals surface area contributed by atoms with E-state index in [-0.39, 0.29) is 12.0 Å². The summed E-state index contributed by atoms with van der Waals surface area (Å²) in [6, 6.07) is 11.3. The monoisotopic (exact) mass is 303 g/mol. The fraction of sp³-hybridized carbons (Fsp3) is 0.353. The zero-order valence-corrected chi connectivity index (χ0v) is 12.9. The normalized spacial score (nSPS) is 11.9. The molecule has 1 atom stereocenters. The Hall–Kier alpha value is -2.27. The second kappa shape index (κ2) is 8.24. The van der Waals surface area contributed by atoms with Crippen LogP contribution >= 0.6 is 0 Å². The number of hydrogen-bond acceptors (Lipinski definition) is 4. The predicted molar refractivity (Wildman–Crippen MR) is 82.8 cm³/mol. The highest BCUT2D eigenvalue weighted by Gasteiger charge is 2.14. The van der Waals surface area contributed by atoms with E-state index in [1.807, 2.05) is 30.3 Å². The maximum Gasteiger partial charge on any atom is 0.220 e. The van der Waals surface area contributed by atoms with Crippen LogP contribution in [0.1, 0.15) is 23.8 Å².